The zero-order valence-electron chi connectivity index (χ0n) is 14.5. The van der Waals surface area contributed by atoms with Crippen molar-refractivity contribution in [3.63, 3.8) is 0 Å². The van der Waals surface area contributed by atoms with E-state index >= 15 is 0 Å². The van der Waals surface area contributed by atoms with Crippen LogP contribution in [0.25, 0.3) is 0 Å². The summed E-state index contributed by atoms with van der Waals surface area (Å²) in [4.78, 5) is 24.2. The molecule has 0 radical (unpaired) electrons. The number of hydrogen-bond donors (Lipinski definition) is 2. The standard InChI is InChI=1S/C19H25NO5/c1-24-14-7-8-17-12(10-14)9-13(11-25-17)18(21)20-16-6-4-2-3-5-15(16)19(22)23/h7-8,10,13,15-16H,2-6,9,11H2,1H3,(H,20,21)(H,22,23)/t13?,15-,16+/m1/s1. The molecule has 1 aliphatic heterocycles. The van der Waals surface area contributed by atoms with Gasteiger partial charge in [0.15, 0.2) is 0 Å². The van der Waals surface area contributed by atoms with Crippen molar-refractivity contribution >= 4 is 11.9 Å². The molecule has 2 aliphatic rings. The summed E-state index contributed by atoms with van der Waals surface area (Å²) in [5, 5.41) is 12.4. The maximum Gasteiger partial charge on any atom is 0.308 e. The Balaban J connectivity index is 1.67. The summed E-state index contributed by atoms with van der Waals surface area (Å²) in [6, 6.07) is 5.29. The molecule has 1 fully saturated rings. The first-order chi connectivity index (χ1) is 12.1. The first kappa shape index (κ1) is 17.6. The lowest BCUT2D eigenvalue weighted by molar-refractivity contribution is -0.143. The van der Waals surface area contributed by atoms with Crippen LogP contribution in [0.5, 0.6) is 11.5 Å². The van der Waals surface area contributed by atoms with Crippen molar-refractivity contribution in [3.8, 4) is 11.5 Å². The molecule has 0 spiro atoms. The SMILES string of the molecule is COc1ccc2c(c1)CC(C(=O)N[C@H]1CCCCC[C@H]1C(=O)O)CO2. The van der Waals surface area contributed by atoms with Crippen molar-refractivity contribution in [2.45, 2.75) is 44.6 Å². The third-order valence-electron chi connectivity index (χ3n) is 5.21. The van der Waals surface area contributed by atoms with Crippen molar-refractivity contribution in [2.75, 3.05) is 13.7 Å². The van der Waals surface area contributed by atoms with E-state index in [9.17, 15) is 14.7 Å². The Morgan fingerprint density at radius 1 is 1.24 bits per heavy atom. The first-order valence-electron chi connectivity index (χ1n) is 8.91. The zero-order valence-corrected chi connectivity index (χ0v) is 14.5. The summed E-state index contributed by atoms with van der Waals surface area (Å²) in [5.41, 5.74) is 0.946. The maximum atomic E-state index is 12.7. The Morgan fingerprint density at radius 3 is 2.80 bits per heavy atom. The van der Waals surface area contributed by atoms with Gasteiger partial charge in [0, 0.05) is 6.04 Å². The summed E-state index contributed by atoms with van der Waals surface area (Å²) in [5.74, 6) is -0.227. The monoisotopic (exact) mass is 347 g/mol. The third kappa shape index (κ3) is 4.06. The van der Waals surface area contributed by atoms with Crippen molar-refractivity contribution in [1.29, 1.82) is 0 Å². The zero-order chi connectivity index (χ0) is 17.8. The number of fused-ring (bicyclic) bond motifs is 1. The highest BCUT2D eigenvalue weighted by atomic mass is 16.5. The van der Waals surface area contributed by atoms with Crippen molar-refractivity contribution in [1.82, 2.24) is 5.32 Å². The molecule has 25 heavy (non-hydrogen) atoms. The average molecular weight is 347 g/mol. The molecular weight excluding hydrogens is 322 g/mol. The van der Waals surface area contributed by atoms with Gasteiger partial charge in [0.25, 0.3) is 0 Å². The number of carbonyl (C=O) groups is 2. The van der Waals surface area contributed by atoms with Crippen LogP contribution in [-0.4, -0.2) is 36.7 Å². The summed E-state index contributed by atoms with van der Waals surface area (Å²) < 4.78 is 10.9. The lowest BCUT2D eigenvalue weighted by Crippen LogP contribution is -2.47. The number of ether oxygens (including phenoxy) is 2. The van der Waals surface area contributed by atoms with Crippen LogP contribution in [0.2, 0.25) is 0 Å². The molecule has 1 unspecified atom stereocenters. The fourth-order valence-corrected chi connectivity index (χ4v) is 3.74. The Morgan fingerprint density at radius 2 is 2.04 bits per heavy atom. The third-order valence-corrected chi connectivity index (χ3v) is 5.21. The lowest BCUT2D eigenvalue weighted by Gasteiger charge is -2.28. The number of nitrogens with one attached hydrogen (secondary N) is 1. The van der Waals surface area contributed by atoms with E-state index in [2.05, 4.69) is 5.32 Å². The lowest BCUT2D eigenvalue weighted by atomic mass is 9.92. The molecule has 136 valence electrons. The predicted octanol–water partition coefficient (Wildman–Crippen LogP) is 2.40. The van der Waals surface area contributed by atoms with Crippen LogP contribution in [0.3, 0.4) is 0 Å². The summed E-state index contributed by atoms with van der Waals surface area (Å²) in [7, 11) is 1.60. The minimum atomic E-state index is -0.817. The van der Waals surface area contributed by atoms with E-state index in [4.69, 9.17) is 9.47 Å². The van der Waals surface area contributed by atoms with E-state index in [1.165, 1.54) is 0 Å². The minimum Gasteiger partial charge on any atom is -0.497 e. The molecule has 0 bridgehead atoms. The topological polar surface area (TPSA) is 84.9 Å². The first-order valence-corrected chi connectivity index (χ1v) is 8.91. The number of aliphatic carboxylic acids is 1. The van der Waals surface area contributed by atoms with E-state index in [-0.39, 0.29) is 17.9 Å². The summed E-state index contributed by atoms with van der Waals surface area (Å²) >= 11 is 0. The number of amides is 1. The van der Waals surface area contributed by atoms with Gasteiger partial charge in [0.1, 0.15) is 18.1 Å². The summed E-state index contributed by atoms with van der Waals surface area (Å²) in [6.45, 7) is 0.315. The van der Waals surface area contributed by atoms with E-state index in [1.54, 1.807) is 7.11 Å². The van der Waals surface area contributed by atoms with Crippen molar-refractivity contribution in [3.05, 3.63) is 23.8 Å². The molecule has 3 atom stereocenters. The van der Waals surface area contributed by atoms with Crippen LogP contribution in [0.4, 0.5) is 0 Å². The van der Waals surface area contributed by atoms with Crippen molar-refractivity contribution < 1.29 is 24.2 Å². The van der Waals surface area contributed by atoms with Gasteiger partial charge in [0.2, 0.25) is 5.91 Å². The van der Waals surface area contributed by atoms with Gasteiger partial charge in [-0.1, -0.05) is 19.3 Å². The Hall–Kier alpha value is -2.24. The molecule has 2 N–H and O–H groups in total. The molecule has 1 aliphatic carbocycles. The van der Waals surface area contributed by atoms with Gasteiger partial charge in [-0.2, -0.15) is 0 Å². The van der Waals surface area contributed by atoms with E-state index < -0.39 is 11.9 Å². The normalized spacial score (nSPS) is 25.9. The van der Waals surface area contributed by atoms with Gasteiger partial charge >= 0.3 is 5.97 Å². The molecule has 1 aromatic carbocycles. The molecule has 0 saturated heterocycles. The molecule has 1 heterocycles. The number of hydrogen-bond acceptors (Lipinski definition) is 4. The van der Waals surface area contributed by atoms with E-state index in [1.807, 2.05) is 18.2 Å². The number of methoxy groups -OCH3 is 1. The molecule has 3 rings (SSSR count). The van der Waals surface area contributed by atoms with Crippen molar-refractivity contribution in [2.24, 2.45) is 11.8 Å². The van der Waals surface area contributed by atoms with Gasteiger partial charge < -0.3 is 19.9 Å². The Labute approximate surface area is 147 Å². The van der Waals surface area contributed by atoms with Gasteiger partial charge in [-0.05, 0) is 43.0 Å². The second-order valence-corrected chi connectivity index (χ2v) is 6.88. The van der Waals surface area contributed by atoms with E-state index in [0.717, 1.165) is 42.7 Å². The average Bonchev–Trinajstić information content (AvgIpc) is 2.86. The number of rotatable bonds is 4. The van der Waals surface area contributed by atoms with Gasteiger partial charge in [-0.25, -0.2) is 0 Å². The van der Waals surface area contributed by atoms with Gasteiger partial charge in [-0.15, -0.1) is 0 Å². The molecular formula is C19H25NO5. The molecule has 1 amide bonds. The predicted molar refractivity (Wildman–Crippen MR) is 91.8 cm³/mol. The minimum absolute atomic E-state index is 0.119. The fraction of sp³-hybridized carbons (Fsp3) is 0.579. The van der Waals surface area contributed by atoms with Crippen LogP contribution < -0.4 is 14.8 Å². The molecule has 6 nitrogen and oxygen atoms in total. The number of carbonyl (C=O) groups excluding carboxylic acids is 1. The van der Waals surface area contributed by atoms with Crippen LogP contribution >= 0.6 is 0 Å². The second kappa shape index (κ2) is 7.76. The molecule has 1 aromatic rings. The maximum absolute atomic E-state index is 12.7. The summed E-state index contributed by atoms with van der Waals surface area (Å²) in [6.07, 6.45) is 4.81. The van der Waals surface area contributed by atoms with Gasteiger partial charge in [-0.3, -0.25) is 9.59 Å². The highest BCUT2D eigenvalue weighted by molar-refractivity contribution is 5.81. The Kier molecular flexibility index (Phi) is 5.46. The largest absolute Gasteiger partial charge is 0.497 e. The van der Waals surface area contributed by atoms with Crippen LogP contribution in [0.1, 0.15) is 37.7 Å². The highest BCUT2D eigenvalue weighted by Gasteiger charge is 2.33. The van der Waals surface area contributed by atoms with Gasteiger partial charge in [0.05, 0.1) is 18.9 Å². The number of benzene rings is 1. The quantitative estimate of drug-likeness (QED) is 0.817. The van der Waals surface area contributed by atoms with Crippen LogP contribution in [-0.2, 0) is 16.0 Å². The molecule has 1 saturated carbocycles. The van der Waals surface area contributed by atoms with Crippen LogP contribution in [0.15, 0.2) is 18.2 Å². The second-order valence-electron chi connectivity index (χ2n) is 6.88. The fourth-order valence-electron chi connectivity index (χ4n) is 3.74. The molecule has 0 aromatic heterocycles. The Bertz CT molecular complexity index is 645. The smallest absolute Gasteiger partial charge is 0.308 e. The van der Waals surface area contributed by atoms with Crippen LogP contribution in [0, 0.1) is 11.8 Å². The molecule has 6 heteroatoms. The number of carboxylic acid groups (broad SMARTS) is 1. The van der Waals surface area contributed by atoms with E-state index in [0.29, 0.717) is 19.4 Å². The highest BCUT2D eigenvalue weighted by Crippen LogP contribution is 2.31. The number of carboxylic acids is 1.